The number of pyridine rings is 1. The lowest BCUT2D eigenvalue weighted by Crippen LogP contribution is -2.11. The molecule has 0 bridgehead atoms. The van der Waals surface area contributed by atoms with Crippen LogP contribution in [0.25, 0.3) is 5.82 Å². The molecule has 2 heterocycles. The molecule has 2 N–H and O–H groups in total. The third-order valence-electron chi connectivity index (χ3n) is 1.83. The van der Waals surface area contributed by atoms with Crippen molar-refractivity contribution in [1.82, 2.24) is 20.0 Å². The molecular formula is C8H6F3N5. The molecule has 0 saturated heterocycles. The smallest absolute Gasteiger partial charge is 0.396 e. The summed E-state index contributed by atoms with van der Waals surface area (Å²) in [4.78, 5) is 4.63. The van der Waals surface area contributed by atoms with Crippen LogP contribution in [0.4, 0.5) is 18.9 Å². The second kappa shape index (κ2) is 3.47. The van der Waals surface area contributed by atoms with Crippen LogP contribution in [0.2, 0.25) is 0 Å². The number of rotatable bonds is 1. The molecule has 2 aromatic heterocycles. The summed E-state index contributed by atoms with van der Waals surface area (Å²) in [7, 11) is 0. The first-order chi connectivity index (χ1) is 7.48. The molecular weight excluding hydrogens is 223 g/mol. The van der Waals surface area contributed by atoms with Crippen molar-refractivity contribution in [3.05, 3.63) is 30.2 Å². The fraction of sp³-hybridized carbons (Fsp3) is 0.125. The highest BCUT2D eigenvalue weighted by Crippen LogP contribution is 2.30. The average Bonchev–Trinajstić information content (AvgIpc) is 2.69. The van der Waals surface area contributed by atoms with Gasteiger partial charge in [0.05, 0.1) is 23.6 Å². The Morgan fingerprint density at radius 3 is 2.31 bits per heavy atom. The van der Waals surface area contributed by atoms with Crippen LogP contribution in [0.15, 0.2) is 24.7 Å². The zero-order chi connectivity index (χ0) is 11.8. The molecule has 2 rings (SSSR count). The van der Waals surface area contributed by atoms with Crippen molar-refractivity contribution in [2.24, 2.45) is 0 Å². The molecule has 0 atom stereocenters. The minimum atomic E-state index is -4.46. The van der Waals surface area contributed by atoms with Crippen molar-refractivity contribution < 1.29 is 13.2 Å². The van der Waals surface area contributed by atoms with E-state index in [9.17, 15) is 13.2 Å². The molecule has 0 saturated carbocycles. The molecule has 0 aliphatic heterocycles. The summed E-state index contributed by atoms with van der Waals surface area (Å²) in [5, 5.41) is 7.44. The van der Waals surface area contributed by atoms with Gasteiger partial charge in [0, 0.05) is 6.20 Å². The highest BCUT2D eigenvalue weighted by atomic mass is 19.4. The second-order valence-corrected chi connectivity index (χ2v) is 2.95. The maximum atomic E-state index is 12.3. The lowest BCUT2D eigenvalue weighted by atomic mass is 10.2. The Morgan fingerprint density at radius 2 is 1.81 bits per heavy atom. The fourth-order valence-corrected chi connectivity index (χ4v) is 1.12. The van der Waals surface area contributed by atoms with Crippen molar-refractivity contribution in [3.63, 3.8) is 0 Å². The SMILES string of the molecule is Nc1cc(C(F)(F)F)cnc1-n1nccn1. The second-order valence-electron chi connectivity index (χ2n) is 2.95. The van der Waals surface area contributed by atoms with E-state index in [-0.39, 0.29) is 11.5 Å². The number of hydrogen-bond donors (Lipinski definition) is 1. The predicted molar refractivity (Wildman–Crippen MR) is 48.6 cm³/mol. The van der Waals surface area contributed by atoms with Gasteiger partial charge >= 0.3 is 6.18 Å². The number of anilines is 1. The summed E-state index contributed by atoms with van der Waals surface area (Å²) < 4.78 is 36.9. The van der Waals surface area contributed by atoms with E-state index < -0.39 is 11.7 Å². The fourth-order valence-electron chi connectivity index (χ4n) is 1.12. The molecule has 0 radical (unpaired) electrons. The number of nitrogens with zero attached hydrogens (tertiary/aromatic N) is 4. The van der Waals surface area contributed by atoms with Crippen LogP contribution in [0, 0.1) is 0 Å². The summed E-state index contributed by atoms with van der Waals surface area (Å²) in [6.45, 7) is 0. The maximum Gasteiger partial charge on any atom is 0.417 e. The zero-order valence-corrected chi connectivity index (χ0v) is 7.81. The van der Waals surface area contributed by atoms with E-state index in [1.807, 2.05) is 0 Å². The number of aromatic nitrogens is 4. The van der Waals surface area contributed by atoms with Gasteiger partial charge in [0.15, 0.2) is 5.82 Å². The zero-order valence-electron chi connectivity index (χ0n) is 7.81. The molecule has 0 amide bonds. The number of alkyl halides is 3. The van der Waals surface area contributed by atoms with E-state index in [1.54, 1.807) is 0 Å². The molecule has 84 valence electrons. The number of halogens is 3. The highest BCUT2D eigenvalue weighted by Gasteiger charge is 2.31. The van der Waals surface area contributed by atoms with E-state index >= 15 is 0 Å². The average molecular weight is 229 g/mol. The highest BCUT2D eigenvalue weighted by molar-refractivity contribution is 5.53. The maximum absolute atomic E-state index is 12.3. The van der Waals surface area contributed by atoms with Crippen LogP contribution in [-0.4, -0.2) is 20.0 Å². The van der Waals surface area contributed by atoms with Gasteiger partial charge < -0.3 is 5.73 Å². The Labute approximate surface area is 87.7 Å². The first-order valence-corrected chi connectivity index (χ1v) is 4.18. The Morgan fingerprint density at radius 1 is 1.19 bits per heavy atom. The monoisotopic (exact) mass is 229 g/mol. The first-order valence-electron chi connectivity index (χ1n) is 4.18. The van der Waals surface area contributed by atoms with Gasteiger partial charge in [0.1, 0.15) is 0 Å². The van der Waals surface area contributed by atoms with Gasteiger partial charge in [-0.15, -0.1) is 4.80 Å². The quantitative estimate of drug-likeness (QED) is 0.799. The van der Waals surface area contributed by atoms with Gasteiger partial charge in [0.2, 0.25) is 0 Å². The van der Waals surface area contributed by atoms with E-state index in [0.29, 0.717) is 6.20 Å². The van der Waals surface area contributed by atoms with Crippen molar-refractivity contribution in [2.75, 3.05) is 5.73 Å². The summed E-state index contributed by atoms with van der Waals surface area (Å²) >= 11 is 0. The molecule has 5 nitrogen and oxygen atoms in total. The molecule has 16 heavy (non-hydrogen) atoms. The van der Waals surface area contributed by atoms with Gasteiger partial charge in [-0.1, -0.05) is 0 Å². The molecule has 8 heteroatoms. The Balaban J connectivity index is 2.46. The van der Waals surface area contributed by atoms with Gasteiger partial charge in [-0.05, 0) is 6.07 Å². The van der Waals surface area contributed by atoms with Gasteiger partial charge in [-0.2, -0.15) is 23.4 Å². The van der Waals surface area contributed by atoms with Gasteiger partial charge in [0.25, 0.3) is 0 Å². The van der Waals surface area contributed by atoms with Gasteiger partial charge in [-0.25, -0.2) is 4.98 Å². The van der Waals surface area contributed by atoms with E-state index in [2.05, 4.69) is 15.2 Å². The van der Waals surface area contributed by atoms with Crippen LogP contribution >= 0.6 is 0 Å². The standard InChI is InChI=1S/C8H6F3N5/c9-8(10,11)5-3-6(12)7(13-4-5)16-14-1-2-15-16/h1-4H,12H2. The first kappa shape index (κ1) is 10.4. The van der Waals surface area contributed by atoms with Crippen molar-refractivity contribution in [3.8, 4) is 5.82 Å². The van der Waals surface area contributed by atoms with E-state index in [4.69, 9.17) is 5.73 Å². The minimum Gasteiger partial charge on any atom is -0.396 e. The van der Waals surface area contributed by atoms with Crippen LogP contribution in [-0.2, 0) is 6.18 Å². The van der Waals surface area contributed by atoms with Crippen LogP contribution in [0.1, 0.15) is 5.56 Å². The topological polar surface area (TPSA) is 69.6 Å². The van der Waals surface area contributed by atoms with Crippen molar-refractivity contribution in [2.45, 2.75) is 6.18 Å². The van der Waals surface area contributed by atoms with Gasteiger partial charge in [-0.3, -0.25) is 0 Å². The molecule has 2 aromatic rings. The summed E-state index contributed by atoms with van der Waals surface area (Å²) in [6.07, 6.45) is -1.02. The lowest BCUT2D eigenvalue weighted by molar-refractivity contribution is -0.137. The Bertz CT molecular complexity index is 491. The predicted octanol–water partition coefficient (Wildman–Crippen LogP) is 1.26. The van der Waals surface area contributed by atoms with E-state index in [1.165, 1.54) is 12.4 Å². The summed E-state index contributed by atoms with van der Waals surface area (Å²) in [5.74, 6) is 0.0676. The van der Waals surface area contributed by atoms with Crippen LogP contribution < -0.4 is 5.73 Å². The van der Waals surface area contributed by atoms with Crippen molar-refractivity contribution >= 4 is 5.69 Å². The Kier molecular flexibility index (Phi) is 2.26. The molecule has 0 aromatic carbocycles. The normalized spacial score (nSPS) is 11.7. The van der Waals surface area contributed by atoms with Crippen LogP contribution in [0.5, 0.6) is 0 Å². The van der Waals surface area contributed by atoms with Crippen LogP contribution in [0.3, 0.4) is 0 Å². The largest absolute Gasteiger partial charge is 0.417 e. The number of nitrogen functional groups attached to an aromatic ring is 1. The molecule has 0 unspecified atom stereocenters. The Hall–Kier alpha value is -2.12. The minimum absolute atomic E-state index is 0.0676. The molecule has 0 aliphatic rings. The summed E-state index contributed by atoms with van der Waals surface area (Å²) in [5.41, 5.74) is 4.41. The number of hydrogen-bond acceptors (Lipinski definition) is 4. The van der Waals surface area contributed by atoms with Crippen molar-refractivity contribution in [1.29, 1.82) is 0 Å². The third kappa shape index (κ3) is 1.81. The number of nitrogens with two attached hydrogens (primary N) is 1. The molecule has 0 aliphatic carbocycles. The lowest BCUT2D eigenvalue weighted by Gasteiger charge is -2.08. The molecule has 0 spiro atoms. The van der Waals surface area contributed by atoms with E-state index in [0.717, 1.165) is 10.9 Å². The molecule has 0 fully saturated rings. The summed E-state index contributed by atoms with van der Waals surface area (Å²) in [6, 6.07) is 0.797. The third-order valence-corrected chi connectivity index (χ3v) is 1.83.